The summed E-state index contributed by atoms with van der Waals surface area (Å²) in [5, 5.41) is 3.40. The Morgan fingerprint density at radius 2 is 2.00 bits per heavy atom. The van der Waals surface area contributed by atoms with E-state index < -0.39 is 0 Å². The molecule has 2 fully saturated rings. The van der Waals surface area contributed by atoms with Crippen LogP contribution in [0, 0.1) is 17.7 Å². The Balaban J connectivity index is 1.59. The van der Waals surface area contributed by atoms with Crippen LogP contribution < -0.4 is 5.32 Å². The Hall–Kier alpha value is -1.42. The minimum atomic E-state index is -0.256. The third kappa shape index (κ3) is 2.78. The monoisotopic (exact) mass is 262 g/mol. The van der Waals surface area contributed by atoms with E-state index in [-0.39, 0.29) is 11.7 Å². The number of hydrogen-bond donors (Lipinski definition) is 1. The largest absolute Gasteiger partial charge is 0.342 e. The zero-order chi connectivity index (χ0) is 13.2. The first-order valence-electron chi connectivity index (χ1n) is 6.95. The van der Waals surface area contributed by atoms with Gasteiger partial charge in [0.2, 0.25) is 5.91 Å². The molecule has 2 aliphatic heterocycles. The second kappa shape index (κ2) is 5.29. The first-order valence-corrected chi connectivity index (χ1v) is 6.95. The highest BCUT2D eigenvalue weighted by atomic mass is 19.1. The Morgan fingerprint density at radius 3 is 2.79 bits per heavy atom. The summed E-state index contributed by atoms with van der Waals surface area (Å²) in [5.41, 5.74) is 0.887. The Kier molecular flexibility index (Phi) is 3.51. The standard InChI is InChI=1S/C15H19FN2O/c16-14-3-1-11(2-4-14)7-15(19)18-6-5-12-8-17-9-13(12)10-18/h1-4,12-13,17H,5-10H2. The zero-order valence-corrected chi connectivity index (χ0v) is 10.9. The van der Waals surface area contributed by atoms with Crippen molar-refractivity contribution in [2.75, 3.05) is 26.2 Å². The molecular weight excluding hydrogens is 243 g/mol. The first-order chi connectivity index (χ1) is 9.22. The fourth-order valence-corrected chi connectivity index (χ4v) is 3.15. The number of benzene rings is 1. The van der Waals surface area contributed by atoms with Crippen molar-refractivity contribution in [2.24, 2.45) is 11.8 Å². The number of fused-ring (bicyclic) bond motifs is 1. The maximum absolute atomic E-state index is 12.8. The molecule has 2 aliphatic rings. The summed E-state index contributed by atoms with van der Waals surface area (Å²) in [6.45, 7) is 3.87. The fourth-order valence-electron chi connectivity index (χ4n) is 3.15. The van der Waals surface area contributed by atoms with E-state index in [1.165, 1.54) is 12.1 Å². The second-order valence-corrected chi connectivity index (χ2v) is 5.61. The Labute approximate surface area is 112 Å². The minimum absolute atomic E-state index is 0.164. The van der Waals surface area contributed by atoms with E-state index in [4.69, 9.17) is 0 Å². The third-order valence-electron chi connectivity index (χ3n) is 4.33. The van der Waals surface area contributed by atoms with Crippen LogP contribution in [0.25, 0.3) is 0 Å². The lowest BCUT2D eigenvalue weighted by Crippen LogP contribution is -2.44. The van der Waals surface area contributed by atoms with Crippen LogP contribution >= 0.6 is 0 Å². The van der Waals surface area contributed by atoms with Crippen LogP contribution in [0.2, 0.25) is 0 Å². The molecule has 0 radical (unpaired) electrons. The molecule has 0 saturated carbocycles. The normalized spacial score (nSPS) is 26.3. The van der Waals surface area contributed by atoms with Gasteiger partial charge < -0.3 is 10.2 Å². The predicted molar refractivity (Wildman–Crippen MR) is 71.2 cm³/mol. The van der Waals surface area contributed by atoms with Crippen LogP contribution in [0.3, 0.4) is 0 Å². The molecule has 102 valence electrons. The lowest BCUT2D eigenvalue weighted by atomic mass is 9.88. The average molecular weight is 262 g/mol. The molecule has 1 N–H and O–H groups in total. The topological polar surface area (TPSA) is 32.3 Å². The van der Waals surface area contributed by atoms with Gasteiger partial charge in [0.05, 0.1) is 6.42 Å². The van der Waals surface area contributed by atoms with Gasteiger partial charge in [-0.2, -0.15) is 0 Å². The zero-order valence-electron chi connectivity index (χ0n) is 10.9. The van der Waals surface area contributed by atoms with Crippen LogP contribution in [0.4, 0.5) is 4.39 Å². The number of nitrogens with zero attached hydrogens (tertiary/aromatic N) is 1. The molecule has 2 unspecified atom stereocenters. The number of piperidine rings is 1. The van der Waals surface area contributed by atoms with Crippen molar-refractivity contribution >= 4 is 5.91 Å². The molecule has 1 amide bonds. The highest BCUT2D eigenvalue weighted by Crippen LogP contribution is 2.26. The van der Waals surface area contributed by atoms with Crippen LogP contribution in [0.5, 0.6) is 0 Å². The van der Waals surface area contributed by atoms with Crippen molar-refractivity contribution < 1.29 is 9.18 Å². The van der Waals surface area contributed by atoms with Gasteiger partial charge in [-0.1, -0.05) is 12.1 Å². The molecule has 4 heteroatoms. The number of halogens is 1. The molecule has 2 heterocycles. The van der Waals surface area contributed by atoms with Gasteiger partial charge in [-0.3, -0.25) is 4.79 Å². The highest BCUT2D eigenvalue weighted by Gasteiger charge is 2.34. The number of amides is 1. The van der Waals surface area contributed by atoms with Crippen molar-refractivity contribution in [3.05, 3.63) is 35.6 Å². The van der Waals surface area contributed by atoms with Crippen molar-refractivity contribution in [3.8, 4) is 0 Å². The molecule has 3 nitrogen and oxygen atoms in total. The van der Waals surface area contributed by atoms with Gasteiger partial charge in [0.15, 0.2) is 0 Å². The first kappa shape index (κ1) is 12.6. The van der Waals surface area contributed by atoms with Crippen LogP contribution in [0.1, 0.15) is 12.0 Å². The summed E-state index contributed by atoms with van der Waals surface area (Å²) < 4.78 is 12.8. The number of rotatable bonds is 2. The lowest BCUT2D eigenvalue weighted by Gasteiger charge is -2.34. The van der Waals surface area contributed by atoms with E-state index in [9.17, 15) is 9.18 Å². The number of likely N-dealkylation sites (tertiary alicyclic amines) is 1. The smallest absolute Gasteiger partial charge is 0.226 e. The van der Waals surface area contributed by atoms with E-state index in [0.29, 0.717) is 12.3 Å². The second-order valence-electron chi connectivity index (χ2n) is 5.61. The third-order valence-corrected chi connectivity index (χ3v) is 4.33. The maximum atomic E-state index is 12.8. The molecule has 1 aromatic carbocycles. The molecule has 0 aliphatic carbocycles. The summed E-state index contributed by atoms with van der Waals surface area (Å²) in [7, 11) is 0. The molecule has 2 saturated heterocycles. The van der Waals surface area contributed by atoms with Crippen LogP contribution in [-0.4, -0.2) is 37.0 Å². The van der Waals surface area contributed by atoms with E-state index in [1.807, 2.05) is 4.90 Å². The van der Waals surface area contributed by atoms with Crippen molar-refractivity contribution in [3.63, 3.8) is 0 Å². The molecule has 0 spiro atoms. The Bertz CT molecular complexity index is 460. The number of hydrogen-bond acceptors (Lipinski definition) is 2. The van der Waals surface area contributed by atoms with E-state index >= 15 is 0 Å². The van der Waals surface area contributed by atoms with Gasteiger partial charge in [0, 0.05) is 13.1 Å². The van der Waals surface area contributed by atoms with Gasteiger partial charge >= 0.3 is 0 Å². The van der Waals surface area contributed by atoms with Gasteiger partial charge in [0.25, 0.3) is 0 Å². The molecule has 0 bridgehead atoms. The summed E-state index contributed by atoms with van der Waals surface area (Å²) in [6, 6.07) is 6.21. The molecule has 0 aromatic heterocycles. The lowest BCUT2D eigenvalue weighted by molar-refractivity contribution is -0.132. The van der Waals surface area contributed by atoms with Crippen molar-refractivity contribution in [1.82, 2.24) is 10.2 Å². The SMILES string of the molecule is O=C(Cc1ccc(F)cc1)N1CCC2CNCC2C1. The summed E-state index contributed by atoms with van der Waals surface area (Å²) in [5.74, 6) is 1.27. The summed E-state index contributed by atoms with van der Waals surface area (Å²) in [4.78, 5) is 14.2. The van der Waals surface area contributed by atoms with Gasteiger partial charge in [-0.15, -0.1) is 0 Å². The molecular formula is C15H19FN2O. The summed E-state index contributed by atoms with van der Waals surface area (Å²) in [6.07, 6.45) is 1.48. The highest BCUT2D eigenvalue weighted by molar-refractivity contribution is 5.78. The molecule has 19 heavy (non-hydrogen) atoms. The maximum Gasteiger partial charge on any atom is 0.226 e. The van der Waals surface area contributed by atoms with Crippen molar-refractivity contribution in [1.29, 1.82) is 0 Å². The fraction of sp³-hybridized carbons (Fsp3) is 0.533. The number of nitrogens with one attached hydrogen (secondary N) is 1. The minimum Gasteiger partial charge on any atom is -0.342 e. The average Bonchev–Trinajstić information content (AvgIpc) is 2.88. The number of carbonyl (C=O) groups excluding carboxylic acids is 1. The predicted octanol–water partition coefficient (Wildman–Crippen LogP) is 1.44. The summed E-state index contributed by atoms with van der Waals surface area (Å²) >= 11 is 0. The quantitative estimate of drug-likeness (QED) is 0.874. The molecule has 2 atom stereocenters. The van der Waals surface area contributed by atoms with Gasteiger partial charge in [-0.25, -0.2) is 4.39 Å². The van der Waals surface area contributed by atoms with Gasteiger partial charge in [-0.05, 0) is 49.0 Å². The van der Waals surface area contributed by atoms with E-state index in [1.54, 1.807) is 12.1 Å². The van der Waals surface area contributed by atoms with Gasteiger partial charge in [0.1, 0.15) is 5.82 Å². The van der Waals surface area contributed by atoms with E-state index in [2.05, 4.69) is 5.32 Å². The van der Waals surface area contributed by atoms with Crippen LogP contribution in [-0.2, 0) is 11.2 Å². The Morgan fingerprint density at radius 1 is 1.26 bits per heavy atom. The number of carbonyl (C=O) groups is 1. The van der Waals surface area contributed by atoms with Crippen LogP contribution in [0.15, 0.2) is 24.3 Å². The molecule has 3 rings (SSSR count). The van der Waals surface area contributed by atoms with Crippen molar-refractivity contribution in [2.45, 2.75) is 12.8 Å². The molecule has 1 aromatic rings. The van der Waals surface area contributed by atoms with E-state index in [0.717, 1.165) is 44.1 Å².